The summed E-state index contributed by atoms with van der Waals surface area (Å²) in [6, 6.07) is 5.03. The van der Waals surface area contributed by atoms with Gasteiger partial charge in [-0.3, -0.25) is 0 Å². The van der Waals surface area contributed by atoms with Crippen LogP contribution in [-0.4, -0.2) is 45.4 Å². The maximum Gasteiger partial charge on any atom is 0.416 e. The van der Waals surface area contributed by atoms with E-state index in [1.165, 1.54) is 6.07 Å². The van der Waals surface area contributed by atoms with Gasteiger partial charge in [-0.25, -0.2) is 4.68 Å². The van der Waals surface area contributed by atoms with Crippen molar-refractivity contribution in [1.82, 2.24) is 15.0 Å². The van der Waals surface area contributed by atoms with Crippen LogP contribution in [0.5, 0.6) is 0 Å². The van der Waals surface area contributed by atoms with Crippen molar-refractivity contribution in [2.45, 2.75) is 63.6 Å². The number of halogens is 3. The summed E-state index contributed by atoms with van der Waals surface area (Å²) in [5.74, 6) is -0.756. The predicted octanol–water partition coefficient (Wildman–Crippen LogP) is 2.74. The molecular formula is C18H18F3N3O4. The standard InChI is InChI=1S/C18H18F3N3O4/c1-17(2)27-15-14-12(26-16(15)28-17)7-24-11(8-25-14)13(22-23-24)9-4-3-5-10(6-9)18(19,20)21/h3-6,12,14-16H,7-8H2,1-2H3/t12-,14+,15-,16-/m1/s1. The van der Waals surface area contributed by atoms with Crippen LogP contribution in [0.3, 0.4) is 0 Å². The summed E-state index contributed by atoms with van der Waals surface area (Å²) in [5, 5.41) is 8.20. The van der Waals surface area contributed by atoms with E-state index in [0.717, 1.165) is 12.1 Å². The molecule has 150 valence electrons. The molecule has 7 nitrogen and oxygen atoms in total. The second-order valence-electron chi connectivity index (χ2n) is 7.56. The van der Waals surface area contributed by atoms with E-state index >= 15 is 0 Å². The van der Waals surface area contributed by atoms with Gasteiger partial charge in [0.2, 0.25) is 0 Å². The molecule has 2 aromatic rings. The van der Waals surface area contributed by atoms with Gasteiger partial charge in [-0.15, -0.1) is 5.10 Å². The zero-order valence-electron chi connectivity index (χ0n) is 15.1. The molecule has 3 aliphatic rings. The number of alkyl halides is 3. The number of fused-ring (bicyclic) bond motifs is 4. The minimum Gasteiger partial charge on any atom is -0.366 e. The van der Waals surface area contributed by atoms with Gasteiger partial charge in [0, 0.05) is 5.56 Å². The minimum atomic E-state index is -4.43. The number of rotatable bonds is 1. The molecule has 0 amide bonds. The molecule has 1 aromatic carbocycles. The summed E-state index contributed by atoms with van der Waals surface area (Å²) in [6.45, 7) is 4.10. The van der Waals surface area contributed by atoms with Crippen LogP contribution in [0.1, 0.15) is 25.1 Å². The van der Waals surface area contributed by atoms with Crippen LogP contribution < -0.4 is 0 Å². The van der Waals surface area contributed by atoms with Crippen molar-refractivity contribution in [1.29, 1.82) is 0 Å². The van der Waals surface area contributed by atoms with Gasteiger partial charge in [-0.05, 0) is 26.0 Å². The third-order valence-corrected chi connectivity index (χ3v) is 5.15. The molecule has 2 saturated heterocycles. The Hall–Kier alpha value is -2.01. The quantitative estimate of drug-likeness (QED) is 0.737. The second kappa shape index (κ2) is 5.99. The van der Waals surface area contributed by atoms with Gasteiger partial charge in [-0.2, -0.15) is 13.2 Å². The average Bonchev–Trinajstić information content (AvgIpc) is 3.19. The van der Waals surface area contributed by atoms with Gasteiger partial charge in [0.05, 0.1) is 24.4 Å². The molecule has 10 heteroatoms. The lowest BCUT2D eigenvalue weighted by molar-refractivity contribution is -0.219. The van der Waals surface area contributed by atoms with E-state index in [4.69, 9.17) is 18.9 Å². The number of benzene rings is 1. The van der Waals surface area contributed by atoms with Crippen molar-refractivity contribution in [2.75, 3.05) is 0 Å². The van der Waals surface area contributed by atoms with Crippen molar-refractivity contribution in [2.24, 2.45) is 0 Å². The molecule has 2 fully saturated rings. The van der Waals surface area contributed by atoms with E-state index < -0.39 is 23.8 Å². The van der Waals surface area contributed by atoms with E-state index in [2.05, 4.69) is 10.3 Å². The molecule has 0 spiro atoms. The van der Waals surface area contributed by atoms with E-state index in [-0.39, 0.29) is 24.9 Å². The number of nitrogens with zero attached hydrogens (tertiary/aromatic N) is 3. The van der Waals surface area contributed by atoms with Crippen LogP contribution in [0.15, 0.2) is 24.3 Å². The Morgan fingerprint density at radius 2 is 2.00 bits per heavy atom. The summed E-state index contributed by atoms with van der Waals surface area (Å²) < 4.78 is 64.4. The highest BCUT2D eigenvalue weighted by Crippen LogP contribution is 2.41. The largest absolute Gasteiger partial charge is 0.416 e. The molecule has 28 heavy (non-hydrogen) atoms. The van der Waals surface area contributed by atoms with E-state index in [1.807, 2.05) is 0 Å². The van der Waals surface area contributed by atoms with Gasteiger partial charge in [0.15, 0.2) is 12.1 Å². The topological polar surface area (TPSA) is 67.6 Å². The minimum absolute atomic E-state index is 0.135. The Morgan fingerprint density at radius 3 is 2.79 bits per heavy atom. The van der Waals surface area contributed by atoms with Gasteiger partial charge in [-0.1, -0.05) is 17.3 Å². The molecule has 0 N–H and O–H groups in total. The first-order valence-electron chi connectivity index (χ1n) is 8.94. The van der Waals surface area contributed by atoms with Crippen molar-refractivity contribution in [3.05, 3.63) is 35.5 Å². The first-order valence-corrected chi connectivity index (χ1v) is 8.94. The van der Waals surface area contributed by atoms with Crippen LogP contribution in [0.25, 0.3) is 11.3 Å². The maximum absolute atomic E-state index is 13.0. The van der Waals surface area contributed by atoms with Crippen LogP contribution in [-0.2, 0) is 38.3 Å². The number of hydrogen-bond acceptors (Lipinski definition) is 6. The lowest BCUT2D eigenvalue weighted by atomic mass is 10.1. The fourth-order valence-corrected chi connectivity index (χ4v) is 3.93. The highest BCUT2D eigenvalue weighted by molar-refractivity contribution is 5.62. The predicted molar refractivity (Wildman–Crippen MR) is 87.7 cm³/mol. The Morgan fingerprint density at radius 1 is 1.18 bits per heavy atom. The normalized spacial score (nSPS) is 31.2. The SMILES string of the molecule is CC1(C)O[C@H]2O[C@@H]3Cn4nnc(-c5cccc(C(F)(F)F)c5)c4CO[C@@H]3[C@H]2O1. The fourth-order valence-electron chi connectivity index (χ4n) is 3.93. The first kappa shape index (κ1) is 18.0. The van der Waals surface area contributed by atoms with E-state index in [9.17, 15) is 13.2 Å². The first-order chi connectivity index (χ1) is 13.2. The second-order valence-corrected chi connectivity index (χ2v) is 7.56. The zero-order chi connectivity index (χ0) is 19.7. The maximum atomic E-state index is 13.0. The van der Waals surface area contributed by atoms with E-state index in [0.29, 0.717) is 23.5 Å². The van der Waals surface area contributed by atoms with Gasteiger partial charge in [0.1, 0.15) is 24.0 Å². The molecule has 1 aromatic heterocycles. The van der Waals surface area contributed by atoms with Gasteiger partial charge >= 0.3 is 6.18 Å². The molecule has 0 unspecified atom stereocenters. The van der Waals surface area contributed by atoms with E-state index in [1.54, 1.807) is 24.6 Å². The number of aromatic nitrogens is 3. The van der Waals surface area contributed by atoms with Crippen LogP contribution >= 0.6 is 0 Å². The molecule has 4 atom stereocenters. The molecule has 3 aliphatic heterocycles. The highest BCUT2D eigenvalue weighted by atomic mass is 19.4. The highest BCUT2D eigenvalue weighted by Gasteiger charge is 2.56. The molecule has 0 aliphatic carbocycles. The summed E-state index contributed by atoms with van der Waals surface area (Å²) in [5.41, 5.74) is 0.578. The average molecular weight is 397 g/mol. The summed E-state index contributed by atoms with van der Waals surface area (Å²) in [7, 11) is 0. The van der Waals surface area contributed by atoms with Crippen molar-refractivity contribution in [3.8, 4) is 11.3 Å². The number of ether oxygens (including phenoxy) is 4. The summed E-state index contributed by atoms with van der Waals surface area (Å²) >= 11 is 0. The summed E-state index contributed by atoms with van der Waals surface area (Å²) in [4.78, 5) is 0. The Balaban J connectivity index is 1.44. The van der Waals surface area contributed by atoms with Gasteiger partial charge in [0.25, 0.3) is 0 Å². The lowest BCUT2D eigenvalue weighted by Gasteiger charge is -2.23. The third kappa shape index (κ3) is 2.91. The molecule has 5 rings (SSSR count). The number of hydrogen-bond donors (Lipinski definition) is 0. The van der Waals surface area contributed by atoms with Gasteiger partial charge < -0.3 is 18.9 Å². The van der Waals surface area contributed by atoms with Crippen molar-refractivity contribution in [3.63, 3.8) is 0 Å². The Labute approximate surface area is 158 Å². The Kier molecular flexibility index (Phi) is 3.86. The van der Waals surface area contributed by atoms with Crippen molar-refractivity contribution < 1.29 is 32.1 Å². The lowest BCUT2D eigenvalue weighted by Crippen LogP contribution is -2.37. The third-order valence-electron chi connectivity index (χ3n) is 5.15. The fraction of sp³-hybridized carbons (Fsp3) is 0.556. The van der Waals surface area contributed by atoms with Crippen LogP contribution in [0.2, 0.25) is 0 Å². The molecular weight excluding hydrogens is 379 g/mol. The zero-order valence-corrected chi connectivity index (χ0v) is 15.1. The van der Waals surface area contributed by atoms with Crippen LogP contribution in [0.4, 0.5) is 13.2 Å². The molecule has 4 heterocycles. The van der Waals surface area contributed by atoms with Crippen LogP contribution in [0, 0.1) is 0 Å². The monoisotopic (exact) mass is 397 g/mol. The summed E-state index contributed by atoms with van der Waals surface area (Å²) in [6.07, 6.45) is -6.01. The molecule has 0 radical (unpaired) electrons. The smallest absolute Gasteiger partial charge is 0.366 e. The van der Waals surface area contributed by atoms with Crippen molar-refractivity contribution >= 4 is 0 Å². The Bertz CT molecular complexity index is 914. The molecule has 0 bridgehead atoms. The molecule has 0 saturated carbocycles.